The fourth-order valence-corrected chi connectivity index (χ4v) is 7.64. The maximum atomic E-state index is 3.81. The maximum Gasteiger partial charge on any atom is 0.0320 e. The predicted molar refractivity (Wildman–Crippen MR) is 190 cm³/mol. The number of allylic oxidation sites excluding steroid dienone is 5. The lowest BCUT2D eigenvalue weighted by atomic mass is 9.73. The van der Waals surface area contributed by atoms with Gasteiger partial charge in [0, 0.05) is 11.5 Å². The van der Waals surface area contributed by atoms with Crippen LogP contribution in [0.3, 0.4) is 0 Å². The van der Waals surface area contributed by atoms with Gasteiger partial charge in [-0.3, -0.25) is 0 Å². The molecule has 0 amide bonds. The van der Waals surface area contributed by atoms with Crippen molar-refractivity contribution < 1.29 is 0 Å². The molecule has 0 spiro atoms. The van der Waals surface area contributed by atoms with Crippen LogP contribution in [0.25, 0.3) is 70.9 Å². The van der Waals surface area contributed by atoms with Crippen LogP contribution in [0, 0.1) is 5.92 Å². The molecule has 206 valence electrons. The average Bonchev–Trinajstić information content (AvgIpc) is 3.08. The van der Waals surface area contributed by atoms with E-state index < -0.39 is 0 Å². The number of hydrogen-bond acceptors (Lipinski definition) is 0. The first-order valence-electron chi connectivity index (χ1n) is 15.5. The lowest BCUT2D eigenvalue weighted by Gasteiger charge is -2.30. The molecule has 1 atom stereocenters. The van der Waals surface area contributed by atoms with E-state index in [0.29, 0.717) is 0 Å². The van der Waals surface area contributed by atoms with Crippen molar-refractivity contribution in [3.8, 4) is 11.1 Å². The SMILES string of the molecule is CC1=C(C)C2C=C(c3c4ccccc4cc4ccccc34)C=C=C2c2ccc(-c3c4ccccc4cc4ccccc34)cc21. The largest absolute Gasteiger partial charge is 0.115 e. The van der Waals surface area contributed by atoms with E-state index >= 15 is 0 Å². The van der Waals surface area contributed by atoms with E-state index in [2.05, 4.69) is 159 Å². The number of hydrogen-bond donors (Lipinski definition) is 0. The van der Waals surface area contributed by atoms with Crippen molar-refractivity contribution in [1.29, 1.82) is 0 Å². The molecule has 0 radical (unpaired) electrons. The van der Waals surface area contributed by atoms with E-state index in [9.17, 15) is 0 Å². The molecule has 0 nitrogen and oxygen atoms in total. The summed E-state index contributed by atoms with van der Waals surface area (Å²) in [7, 11) is 0. The molecule has 44 heavy (non-hydrogen) atoms. The summed E-state index contributed by atoms with van der Waals surface area (Å²) in [5.74, 6) is 0.199. The van der Waals surface area contributed by atoms with Gasteiger partial charge in [-0.1, -0.05) is 121 Å². The molecule has 7 aromatic rings. The van der Waals surface area contributed by atoms with Crippen LogP contribution in [-0.4, -0.2) is 0 Å². The molecule has 0 bridgehead atoms. The average molecular weight is 559 g/mol. The van der Waals surface area contributed by atoms with E-state index in [1.165, 1.54) is 93.2 Å². The highest BCUT2D eigenvalue weighted by Crippen LogP contribution is 2.48. The van der Waals surface area contributed by atoms with E-state index in [0.717, 1.165) is 0 Å². The smallest absolute Gasteiger partial charge is 0.0320 e. The molecular weight excluding hydrogens is 528 g/mol. The van der Waals surface area contributed by atoms with Gasteiger partial charge >= 0.3 is 0 Å². The van der Waals surface area contributed by atoms with E-state index in [1.807, 2.05) is 0 Å². The Balaban J connectivity index is 1.25. The van der Waals surface area contributed by atoms with Gasteiger partial charge in [0.15, 0.2) is 0 Å². The van der Waals surface area contributed by atoms with Crippen LogP contribution in [0.5, 0.6) is 0 Å². The van der Waals surface area contributed by atoms with Gasteiger partial charge < -0.3 is 0 Å². The standard InChI is InChI=1S/C44H30/c1-27-28(2)42-26-34(44-37-17-9-5-13-31(37)24-32-14-6-10-18-38(32)44)20-22-40(42)39-21-19-33(25-41(27)39)43-35-15-7-3-11-29(35)23-30-12-4-8-16-36(30)43/h3-21,23-26,42H,1-2H3. The van der Waals surface area contributed by atoms with Crippen molar-refractivity contribution in [3.63, 3.8) is 0 Å². The Morgan fingerprint density at radius 1 is 0.500 bits per heavy atom. The van der Waals surface area contributed by atoms with Gasteiger partial charge in [-0.25, -0.2) is 0 Å². The van der Waals surface area contributed by atoms with E-state index in [1.54, 1.807) is 0 Å². The van der Waals surface area contributed by atoms with Gasteiger partial charge in [0.1, 0.15) is 0 Å². The van der Waals surface area contributed by atoms with E-state index in [-0.39, 0.29) is 5.92 Å². The van der Waals surface area contributed by atoms with Crippen LogP contribution in [-0.2, 0) is 0 Å². The third-order valence-corrected chi connectivity index (χ3v) is 9.93. The van der Waals surface area contributed by atoms with Crippen molar-refractivity contribution in [2.24, 2.45) is 5.92 Å². The first-order valence-corrected chi connectivity index (χ1v) is 15.5. The highest BCUT2D eigenvalue weighted by Gasteiger charge is 2.29. The molecule has 0 fully saturated rings. The van der Waals surface area contributed by atoms with Gasteiger partial charge in [-0.2, -0.15) is 0 Å². The van der Waals surface area contributed by atoms with Crippen molar-refractivity contribution >= 4 is 59.8 Å². The lowest BCUT2D eigenvalue weighted by Crippen LogP contribution is -2.13. The second-order valence-electron chi connectivity index (χ2n) is 12.3. The van der Waals surface area contributed by atoms with Crippen LogP contribution >= 0.6 is 0 Å². The molecule has 0 N–H and O–H groups in total. The highest BCUT2D eigenvalue weighted by atomic mass is 14.3. The highest BCUT2D eigenvalue weighted by molar-refractivity contribution is 6.14. The topological polar surface area (TPSA) is 0 Å². The zero-order valence-electron chi connectivity index (χ0n) is 24.9. The van der Waals surface area contributed by atoms with Crippen LogP contribution < -0.4 is 0 Å². The Morgan fingerprint density at radius 2 is 1.00 bits per heavy atom. The summed E-state index contributed by atoms with van der Waals surface area (Å²) in [6.45, 7) is 4.61. The Kier molecular flexibility index (Phi) is 5.45. The summed E-state index contributed by atoms with van der Waals surface area (Å²) in [5.41, 5.74) is 15.6. The van der Waals surface area contributed by atoms with Crippen LogP contribution in [0.15, 0.2) is 151 Å². The van der Waals surface area contributed by atoms with Crippen molar-refractivity contribution in [2.45, 2.75) is 13.8 Å². The molecule has 0 saturated heterocycles. The minimum absolute atomic E-state index is 0.199. The van der Waals surface area contributed by atoms with Gasteiger partial charge in [0.25, 0.3) is 0 Å². The summed E-state index contributed by atoms with van der Waals surface area (Å²) in [5, 5.41) is 10.3. The second-order valence-corrected chi connectivity index (χ2v) is 12.3. The minimum atomic E-state index is 0.199. The number of fused-ring (bicyclic) bond motifs is 7. The van der Waals surface area contributed by atoms with Gasteiger partial charge in [0.05, 0.1) is 0 Å². The monoisotopic (exact) mass is 558 g/mol. The molecule has 2 aliphatic rings. The summed E-state index contributed by atoms with van der Waals surface area (Å²) < 4.78 is 0. The summed E-state index contributed by atoms with van der Waals surface area (Å²) in [4.78, 5) is 0. The van der Waals surface area contributed by atoms with Gasteiger partial charge in [-0.05, 0) is 120 Å². The Labute approximate surface area is 257 Å². The summed E-state index contributed by atoms with van der Waals surface area (Å²) in [6, 6.07) is 46.8. The Morgan fingerprint density at radius 3 is 1.55 bits per heavy atom. The van der Waals surface area contributed by atoms with Crippen molar-refractivity contribution in [1.82, 2.24) is 0 Å². The minimum Gasteiger partial charge on any atom is -0.115 e. The molecule has 0 saturated carbocycles. The quantitative estimate of drug-likeness (QED) is 0.146. The maximum absolute atomic E-state index is 3.81. The molecular formula is C44H30. The van der Waals surface area contributed by atoms with Gasteiger partial charge in [-0.15, -0.1) is 5.73 Å². The van der Waals surface area contributed by atoms with Crippen molar-refractivity contribution in [2.75, 3.05) is 0 Å². The zero-order chi connectivity index (χ0) is 29.4. The summed E-state index contributed by atoms with van der Waals surface area (Å²) >= 11 is 0. The van der Waals surface area contributed by atoms with Gasteiger partial charge in [0.2, 0.25) is 0 Å². The van der Waals surface area contributed by atoms with Crippen LogP contribution in [0.2, 0.25) is 0 Å². The molecule has 0 heterocycles. The fraction of sp³-hybridized carbons (Fsp3) is 0.0682. The Hall–Kier alpha value is -5.42. The van der Waals surface area contributed by atoms with Crippen LogP contribution in [0.1, 0.15) is 30.5 Å². The van der Waals surface area contributed by atoms with Crippen molar-refractivity contribution in [3.05, 3.63) is 168 Å². The normalized spacial score (nSPS) is 15.9. The fourth-order valence-electron chi connectivity index (χ4n) is 7.64. The number of benzene rings is 7. The third kappa shape index (κ3) is 3.65. The molecule has 0 aromatic heterocycles. The zero-order valence-corrected chi connectivity index (χ0v) is 24.9. The van der Waals surface area contributed by atoms with Crippen LogP contribution in [0.4, 0.5) is 0 Å². The molecule has 2 aliphatic carbocycles. The molecule has 1 unspecified atom stereocenters. The molecule has 7 aromatic carbocycles. The number of rotatable bonds is 2. The lowest BCUT2D eigenvalue weighted by molar-refractivity contribution is 0.973. The van der Waals surface area contributed by atoms with E-state index in [4.69, 9.17) is 0 Å². The second kappa shape index (κ2) is 9.55. The first kappa shape index (κ1) is 25.1. The summed E-state index contributed by atoms with van der Waals surface area (Å²) in [6.07, 6.45) is 4.71. The predicted octanol–water partition coefficient (Wildman–Crippen LogP) is 12.0. The third-order valence-electron chi connectivity index (χ3n) is 9.93. The molecule has 9 rings (SSSR count). The Bertz CT molecular complexity index is 2380. The molecule has 0 aliphatic heterocycles. The first-order chi connectivity index (χ1) is 21.7. The molecule has 0 heteroatoms.